The van der Waals surface area contributed by atoms with Gasteiger partial charge in [0.1, 0.15) is 0 Å². The summed E-state index contributed by atoms with van der Waals surface area (Å²) in [4.78, 5) is 4.67. The minimum Gasteiger partial charge on any atom is -0.353 e. The van der Waals surface area contributed by atoms with Crippen molar-refractivity contribution in [3.8, 4) is 5.69 Å². The molecule has 0 radical (unpaired) electrons. The molecule has 0 unspecified atom stereocenters. The highest BCUT2D eigenvalue weighted by atomic mass is 15.0. The van der Waals surface area contributed by atoms with Gasteiger partial charge in [-0.3, -0.25) is 10.4 Å². The van der Waals surface area contributed by atoms with Crippen molar-refractivity contribution < 1.29 is 0 Å². The van der Waals surface area contributed by atoms with Crippen molar-refractivity contribution in [3.63, 3.8) is 0 Å². The van der Waals surface area contributed by atoms with Gasteiger partial charge in [-0.05, 0) is 64.4 Å². The van der Waals surface area contributed by atoms with Gasteiger partial charge >= 0.3 is 0 Å². The molecule has 0 saturated carbocycles. The normalized spacial score (nSPS) is 13.7. The molecule has 8 rings (SSSR count). The van der Waals surface area contributed by atoms with E-state index in [1.807, 2.05) is 42.6 Å². The summed E-state index contributed by atoms with van der Waals surface area (Å²) in [5.41, 5.74) is 9.91. The van der Waals surface area contributed by atoms with Crippen LogP contribution in [0.5, 0.6) is 0 Å². The fourth-order valence-electron chi connectivity index (χ4n) is 6.26. The highest BCUT2D eigenvalue weighted by molar-refractivity contribution is 6.38. The molecule has 0 aliphatic carbocycles. The summed E-state index contributed by atoms with van der Waals surface area (Å²) in [5, 5.41) is 17.2. The smallest absolute Gasteiger partial charge is 0.0880 e. The second-order valence-corrected chi connectivity index (χ2v) is 10.9. The van der Waals surface area contributed by atoms with E-state index in [-0.39, 0.29) is 0 Å². The summed E-state index contributed by atoms with van der Waals surface area (Å²) in [6, 6.07) is 49.9. The molecule has 0 amide bonds. The lowest BCUT2D eigenvalue weighted by molar-refractivity contribution is 1.10. The lowest BCUT2D eigenvalue weighted by Gasteiger charge is -2.26. The molecule has 208 valence electrons. The third-order valence-electron chi connectivity index (χ3n) is 8.27. The van der Waals surface area contributed by atoms with Gasteiger partial charge in [0.25, 0.3) is 0 Å². The number of rotatable bonds is 5. The standard InChI is InChI=1S/C40H28N4/c41-39(37-26-29-15-6-9-23-36(29)44(37)30-17-2-1-3-18-30)38(33-21-12-16-27-13-4-7-19-31(27)33)40-32-20-8-5-14-28(32)25-35(43-40)34-22-10-11-24-42-34/h1-26,41,43H/b40-38-,41-39?. The quantitative estimate of drug-likeness (QED) is 0.205. The van der Waals surface area contributed by atoms with Crippen LogP contribution in [0.1, 0.15) is 28.1 Å². The van der Waals surface area contributed by atoms with Crippen molar-refractivity contribution in [1.82, 2.24) is 14.9 Å². The van der Waals surface area contributed by atoms with Crippen molar-refractivity contribution in [2.24, 2.45) is 0 Å². The van der Waals surface area contributed by atoms with Crippen LogP contribution in [0.25, 0.3) is 50.4 Å². The topological polar surface area (TPSA) is 53.7 Å². The molecule has 1 aliphatic heterocycles. The molecule has 0 atom stereocenters. The highest BCUT2D eigenvalue weighted by Gasteiger charge is 2.27. The Morgan fingerprint density at radius 2 is 1.39 bits per heavy atom. The maximum atomic E-state index is 10.1. The predicted molar refractivity (Wildman–Crippen MR) is 183 cm³/mol. The first kappa shape index (κ1) is 25.7. The number of benzene rings is 5. The molecule has 1 aliphatic rings. The number of nitrogens with zero attached hydrogens (tertiary/aromatic N) is 2. The Labute approximate surface area is 255 Å². The van der Waals surface area contributed by atoms with Crippen LogP contribution >= 0.6 is 0 Å². The molecule has 44 heavy (non-hydrogen) atoms. The molecule has 2 N–H and O–H groups in total. The number of fused-ring (bicyclic) bond motifs is 3. The summed E-state index contributed by atoms with van der Waals surface area (Å²) in [7, 11) is 0. The van der Waals surface area contributed by atoms with E-state index in [1.54, 1.807) is 0 Å². The molecule has 4 nitrogen and oxygen atoms in total. The average molecular weight is 565 g/mol. The number of para-hydroxylation sites is 2. The molecule has 3 heterocycles. The van der Waals surface area contributed by atoms with Gasteiger partial charge < -0.3 is 9.88 Å². The van der Waals surface area contributed by atoms with Crippen molar-refractivity contribution in [1.29, 1.82) is 5.41 Å². The van der Waals surface area contributed by atoms with Gasteiger partial charge in [0.15, 0.2) is 0 Å². The number of allylic oxidation sites excluding steroid dienone is 1. The van der Waals surface area contributed by atoms with Crippen LogP contribution in [0, 0.1) is 5.41 Å². The summed E-state index contributed by atoms with van der Waals surface area (Å²) in [6.45, 7) is 0. The van der Waals surface area contributed by atoms with E-state index >= 15 is 0 Å². The molecular weight excluding hydrogens is 536 g/mol. The summed E-state index contributed by atoms with van der Waals surface area (Å²) >= 11 is 0. The van der Waals surface area contributed by atoms with E-state index in [9.17, 15) is 5.41 Å². The number of nitrogens with one attached hydrogen (secondary N) is 2. The highest BCUT2D eigenvalue weighted by Crippen LogP contribution is 2.39. The Bertz CT molecular complexity index is 2250. The van der Waals surface area contributed by atoms with Crippen molar-refractivity contribution >= 4 is 50.4 Å². The monoisotopic (exact) mass is 564 g/mol. The van der Waals surface area contributed by atoms with Gasteiger partial charge in [0, 0.05) is 28.4 Å². The van der Waals surface area contributed by atoms with Crippen LogP contribution in [-0.2, 0) is 0 Å². The first-order valence-electron chi connectivity index (χ1n) is 14.7. The first-order valence-corrected chi connectivity index (χ1v) is 14.7. The van der Waals surface area contributed by atoms with Gasteiger partial charge in [-0.25, -0.2) is 0 Å². The third-order valence-corrected chi connectivity index (χ3v) is 8.27. The van der Waals surface area contributed by atoms with Crippen LogP contribution < -0.4 is 5.32 Å². The zero-order valence-corrected chi connectivity index (χ0v) is 23.9. The average Bonchev–Trinajstić information content (AvgIpc) is 3.49. The zero-order chi connectivity index (χ0) is 29.5. The second-order valence-electron chi connectivity index (χ2n) is 10.9. The van der Waals surface area contributed by atoms with Gasteiger partial charge in [-0.1, -0.05) is 109 Å². The van der Waals surface area contributed by atoms with E-state index < -0.39 is 0 Å². The van der Waals surface area contributed by atoms with Gasteiger partial charge in [-0.15, -0.1) is 0 Å². The number of hydrogen-bond donors (Lipinski definition) is 2. The Hall–Kier alpha value is -6.00. The van der Waals surface area contributed by atoms with Crippen LogP contribution in [0.4, 0.5) is 0 Å². The van der Waals surface area contributed by atoms with E-state index in [2.05, 4.69) is 130 Å². The Kier molecular flexibility index (Phi) is 6.24. The largest absolute Gasteiger partial charge is 0.353 e. The van der Waals surface area contributed by atoms with E-state index in [0.717, 1.165) is 72.4 Å². The fraction of sp³-hybridized carbons (Fsp3) is 0. The van der Waals surface area contributed by atoms with Gasteiger partial charge in [0.2, 0.25) is 0 Å². The van der Waals surface area contributed by atoms with Crippen LogP contribution in [0.3, 0.4) is 0 Å². The van der Waals surface area contributed by atoms with E-state index in [0.29, 0.717) is 5.71 Å². The summed E-state index contributed by atoms with van der Waals surface area (Å²) in [6.07, 6.45) is 3.96. The number of hydrogen-bond acceptors (Lipinski definition) is 3. The number of aromatic nitrogens is 2. The van der Waals surface area contributed by atoms with Crippen molar-refractivity contribution in [2.45, 2.75) is 0 Å². The third kappa shape index (κ3) is 4.32. The van der Waals surface area contributed by atoms with E-state index in [4.69, 9.17) is 0 Å². The summed E-state index contributed by atoms with van der Waals surface area (Å²) < 4.78 is 2.20. The molecule has 4 heteroatoms. The maximum Gasteiger partial charge on any atom is 0.0880 e. The van der Waals surface area contributed by atoms with E-state index in [1.165, 1.54) is 0 Å². The van der Waals surface area contributed by atoms with Crippen LogP contribution in [0.15, 0.2) is 152 Å². The van der Waals surface area contributed by atoms with Crippen LogP contribution in [-0.4, -0.2) is 15.3 Å². The lowest BCUT2D eigenvalue weighted by atomic mass is 9.87. The zero-order valence-electron chi connectivity index (χ0n) is 23.9. The fourth-order valence-corrected chi connectivity index (χ4v) is 6.26. The molecule has 0 spiro atoms. The number of pyridine rings is 1. The van der Waals surface area contributed by atoms with Crippen molar-refractivity contribution in [3.05, 3.63) is 180 Å². The molecule has 5 aromatic carbocycles. The van der Waals surface area contributed by atoms with Crippen LogP contribution in [0.2, 0.25) is 0 Å². The first-order chi connectivity index (χ1) is 21.8. The minimum absolute atomic E-state index is 0.431. The molecule has 0 bridgehead atoms. The molecular formula is C40H28N4. The predicted octanol–water partition coefficient (Wildman–Crippen LogP) is 9.22. The Balaban J connectivity index is 1.46. The molecule has 0 fully saturated rings. The Morgan fingerprint density at radius 3 is 2.25 bits per heavy atom. The Morgan fingerprint density at radius 1 is 0.659 bits per heavy atom. The second kappa shape index (κ2) is 10.7. The molecule has 7 aromatic rings. The summed E-state index contributed by atoms with van der Waals surface area (Å²) in [5.74, 6) is 0. The molecule has 0 saturated heterocycles. The minimum atomic E-state index is 0.431. The molecule has 2 aromatic heterocycles. The van der Waals surface area contributed by atoms with Gasteiger partial charge in [-0.2, -0.15) is 0 Å². The van der Waals surface area contributed by atoms with Gasteiger partial charge in [0.05, 0.1) is 34.0 Å². The maximum absolute atomic E-state index is 10.1. The van der Waals surface area contributed by atoms with Crippen molar-refractivity contribution in [2.75, 3.05) is 0 Å². The lowest BCUT2D eigenvalue weighted by Crippen LogP contribution is -2.21. The SMILES string of the molecule is N=C(/C(=C1\NC(c2ccccn2)=Cc2ccccc21)c1cccc2ccccc12)c1cc2ccccc2n1-c1ccccc1.